The van der Waals surface area contributed by atoms with Gasteiger partial charge in [-0.05, 0) is 38.3 Å². The molecule has 1 saturated carbocycles. The van der Waals surface area contributed by atoms with Gasteiger partial charge >= 0.3 is 5.97 Å². The lowest BCUT2D eigenvalue weighted by atomic mass is 9.85. The Hall–Kier alpha value is -1.35. The number of ether oxygens (including phenoxy) is 1. The van der Waals surface area contributed by atoms with E-state index < -0.39 is 0 Å². The summed E-state index contributed by atoms with van der Waals surface area (Å²) < 4.78 is 4.83. The molecule has 1 aromatic carbocycles. The van der Waals surface area contributed by atoms with Crippen LogP contribution in [0.2, 0.25) is 0 Å². The summed E-state index contributed by atoms with van der Waals surface area (Å²) in [6.45, 7) is 0.981. The Morgan fingerprint density at radius 3 is 2.42 bits per heavy atom. The van der Waals surface area contributed by atoms with Crippen LogP contribution in [0.25, 0.3) is 0 Å². The van der Waals surface area contributed by atoms with Crippen LogP contribution >= 0.6 is 0 Å². The minimum absolute atomic E-state index is 0.0378. The SMILES string of the molecule is COC(=O)C1CCC(N(C)Cc2ccccc2)CC1. The minimum Gasteiger partial charge on any atom is -0.469 e. The van der Waals surface area contributed by atoms with E-state index in [4.69, 9.17) is 4.74 Å². The molecule has 0 amide bonds. The van der Waals surface area contributed by atoms with Crippen LogP contribution in [-0.2, 0) is 16.1 Å². The van der Waals surface area contributed by atoms with Crippen molar-refractivity contribution < 1.29 is 9.53 Å². The van der Waals surface area contributed by atoms with Crippen molar-refractivity contribution >= 4 is 5.97 Å². The van der Waals surface area contributed by atoms with Gasteiger partial charge in [-0.15, -0.1) is 0 Å². The lowest BCUT2D eigenvalue weighted by Gasteiger charge is -2.33. The average Bonchev–Trinajstić information content (AvgIpc) is 2.47. The molecule has 0 spiro atoms. The van der Waals surface area contributed by atoms with Crippen LogP contribution in [0.5, 0.6) is 0 Å². The molecule has 3 nitrogen and oxygen atoms in total. The number of methoxy groups -OCH3 is 1. The predicted octanol–water partition coefficient (Wildman–Crippen LogP) is 2.85. The number of benzene rings is 1. The monoisotopic (exact) mass is 261 g/mol. The van der Waals surface area contributed by atoms with Gasteiger partial charge in [-0.3, -0.25) is 9.69 Å². The largest absolute Gasteiger partial charge is 0.469 e. The minimum atomic E-state index is -0.0378. The molecule has 0 heterocycles. The Morgan fingerprint density at radius 2 is 1.84 bits per heavy atom. The Morgan fingerprint density at radius 1 is 1.21 bits per heavy atom. The van der Waals surface area contributed by atoms with E-state index >= 15 is 0 Å². The second-order valence-electron chi connectivity index (χ2n) is 5.43. The van der Waals surface area contributed by atoms with E-state index in [1.807, 2.05) is 6.07 Å². The van der Waals surface area contributed by atoms with Crippen LogP contribution < -0.4 is 0 Å². The Kier molecular flexibility index (Phi) is 4.97. The third kappa shape index (κ3) is 3.80. The summed E-state index contributed by atoms with van der Waals surface area (Å²) in [5, 5.41) is 0. The van der Waals surface area contributed by atoms with Crippen LogP contribution in [0.1, 0.15) is 31.2 Å². The van der Waals surface area contributed by atoms with Crippen molar-refractivity contribution in [2.24, 2.45) is 5.92 Å². The highest BCUT2D eigenvalue weighted by molar-refractivity contribution is 5.72. The average molecular weight is 261 g/mol. The fourth-order valence-electron chi connectivity index (χ4n) is 2.92. The fraction of sp³-hybridized carbons (Fsp3) is 0.562. The molecule has 0 unspecified atom stereocenters. The molecular formula is C16H23NO2. The highest BCUT2D eigenvalue weighted by atomic mass is 16.5. The standard InChI is InChI=1S/C16H23NO2/c1-17(12-13-6-4-3-5-7-13)15-10-8-14(9-11-15)16(18)19-2/h3-7,14-15H,8-12H2,1-2H3. The summed E-state index contributed by atoms with van der Waals surface area (Å²) in [5.41, 5.74) is 1.35. The highest BCUT2D eigenvalue weighted by Gasteiger charge is 2.28. The summed E-state index contributed by atoms with van der Waals surface area (Å²) in [6.07, 6.45) is 4.08. The van der Waals surface area contributed by atoms with Crippen molar-refractivity contribution in [2.45, 2.75) is 38.3 Å². The molecule has 19 heavy (non-hydrogen) atoms. The van der Waals surface area contributed by atoms with E-state index in [1.165, 1.54) is 12.7 Å². The van der Waals surface area contributed by atoms with E-state index in [-0.39, 0.29) is 11.9 Å². The van der Waals surface area contributed by atoms with Crippen molar-refractivity contribution in [3.05, 3.63) is 35.9 Å². The van der Waals surface area contributed by atoms with Gasteiger partial charge in [0.15, 0.2) is 0 Å². The van der Waals surface area contributed by atoms with E-state index in [2.05, 4.69) is 36.2 Å². The van der Waals surface area contributed by atoms with Gasteiger partial charge in [-0.1, -0.05) is 30.3 Å². The first kappa shape index (κ1) is 14.1. The van der Waals surface area contributed by atoms with Gasteiger partial charge in [0.05, 0.1) is 13.0 Å². The normalized spacial score (nSPS) is 23.3. The lowest BCUT2D eigenvalue weighted by Crippen LogP contribution is -2.36. The molecule has 1 aliphatic carbocycles. The van der Waals surface area contributed by atoms with Crippen molar-refractivity contribution in [1.29, 1.82) is 0 Å². The molecule has 0 atom stereocenters. The van der Waals surface area contributed by atoms with Gasteiger partial charge in [-0.25, -0.2) is 0 Å². The van der Waals surface area contributed by atoms with E-state index in [9.17, 15) is 4.79 Å². The number of carbonyl (C=O) groups excluding carboxylic acids is 1. The zero-order valence-electron chi connectivity index (χ0n) is 11.8. The highest BCUT2D eigenvalue weighted by Crippen LogP contribution is 2.28. The van der Waals surface area contributed by atoms with Gasteiger partial charge in [-0.2, -0.15) is 0 Å². The zero-order valence-corrected chi connectivity index (χ0v) is 11.8. The molecule has 0 aliphatic heterocycles. The third-order valence-corrected chi connectivity index (χ3v) is 4.13. The van der Waals surface area contributed by atoms with E-state index in [1.54, 1.807) is 0 Å². The molecule has 0 saturated heterocycles. The summed E-state index contributed by atoms with van der Waals surface area (Å²) in [6, 6.07) is 11.1. The van der Waals surface area contributed by atoms with Gasteiger partial charge in [0.1, 0.15) is 0 Å². The molecule has 0 radical (unpaired) electrons. The molecule has 1 fully saturated rings. The predicted molar refractivity (Wildman–Crippen MR) is 75.7 cm³/mol. The Labute approximate surface area is 115 Å². The molecule has 104 valence electrons. The summed E-state index contributed by atoms with van der Waals surface area (Å²) in [4.78, 5) is 13.9. The van der Waals surface area contributed by atoms with Gasteiger partial charge < -0.3 is 4.74 Å². The molecule has 3 heteroatoms. The van der Waals surface area contributed by atoms with Gasteiger partial charge in [0.2, 0.25) is 0 Å². The van der Waals surface area contributed by atoms with Crippen molar-refractivity contribution in [1.82, 2.24) is 4.90 Å². The fourth-order valence-corrected chi connectivity index (χ4v) is 2.92. The van der Waals surface area contributed by atoms with Crippen LogP contribution in [0, 0.1) is 5.92 Å². The number of hydrogen-bond donors (Lipinski definition) is 0. The van der Waals surface area contributed by atoms with Crippen LogP contribution in [0.15, 0.2) is 30.3 Å². The number of rotatable bonds is 4. The van der Waals surface area contributed by atoms with Crippen molar-refractivity contribution in [3.63, 3.8) is 0 Å². The summed E-state index contributed by atoms with van der Waals surface area (Å²) in [5.74, 6) is 0.0792. The zero-order chi connectivity index (χ0) is 13.7. The molecule has 1 aliphatic rings. The summed E-state index contributed by atoms with van der Waals surface area (Å²) in [7, 11) is 3.66. The first-order chi connectivity index (χ1) is 9.20. The summed E-state index contributed by atoms with van der Waals surface area (Å²) >= 11 is 0. The van der Waals surface area contributed by atoms with Gasteiger partial charge in [0, 0.05) is 12.6 Å². The van der Waals surface area contributed by atoms with Crippen molar-refractivity contribution in [2.75, 3.05) is 14.2 Å². The Bertz CT molecular complexity index is 396. The second kappa shape index (κ2) is 6.71. The third-order valence-electron chi connectivity index (χ3n) is 4.13. The first-order valence-electron chi connectivity index (χ1n) is 7.02. The van der Waals surface area contributed by atoms with E-state index in [0.29, 0.717) is 6.04 Å². The topological polar surface area (TPSA) is 29.5 Å². The van der Waals surface area contributed by atoms with Crippen LogP contribution in [0.4, 0.5) is 0 Å². The maximum Gasteiger partial charge on any atom is 0.308 e. The Balaban J connectivity index is 1.82. The first-order valence-corrected chi connectivity index (χ1v) is 7.02. The second-order valence-corrected chi connectivity index (χ2v) is 5.43. The lowest BCUT2D eigenvalue weighted by molar-refractivity contribution is -0.146. The van der Waals surface area contributed by atoms with Crippen molar-refractivity contribution in [3.8, 4) is 0 Å². The van der Waals surface area contributed by atoms with E-state index in [0.717, 1.165) is 32.2 Å². The number of nitrogens with zero attached hydrogens (tertiary/aromatic N) is 1. The maximum absolute atomic E-state index is 11.5. The quantitative estimate of drug-likeness (QED) is 0.781. The molecular weight excluding hydrogens is 238 g/mol. The van der Waals surface area contributed by atoms with Crippen LogP contribution in [0.3, 0.4) is 0 Å². The number of carbonyl (C=O) groups is 1. The molecule has 0 bridgehead atoms. The molecule has 2 rings (SSSR count). The number of hydrogen-bond acceptors (Lipinski definition) is 3. The van der Waals surface area contributed by atoms with Crippen LogP contribution in [-0.4, -0.2) is 31.1 Å². The smallest absolute Gasteiger partial charge is 0.308 e. The van der Waals surface area contributed by atoms with Gasteiger partial charge in [0.25, 0.3) is 0 Å². The molecule has 1 aromatic rings. The molecule has 0 aromatic heterocycles. The molecule has 0 N–H and O–H groups in total. The number of esters is 1. The maximum atomic E-state index is 11.5.